The summed E-state index contributed by atoms with van der Waals surface area (Å²) in [5.41, 5.74) is 6.77. The number of hydrazone groups is 1. The third kappa shape index (κ3) is 2.23. The lowest BCUT2D eigenvalue weighted by molar-refractivity contribution is 0.236. The van der Waals surface area contributed by atoms with Crippen LogP contribution in [0.4, 0.5) is 0 Å². The van der Waals surface area contributed by atoms with E-state index < -0.39 is 0 Å². The molecule has 1 aromatic rings. The second-order valence-corrected chi connectivity index (χ2v) is 4.24. The molecule has 0 amide bonds. The monoisotopic (exact) mass is 223 g/mol. The molecule has 0 spiro atoms. The zero-order valence-electron chi connectivity index (χ0n) is 8.65. The van der Waals surface area contributed by atoms with Gasteiger partial charge >= 0.3 is 0 Å². The largest absolute Gasteiger partial charge is 0.386 e. The molecule has 80 valence electrons. The van der Waals surface area contributed by atoms with Gasteiger partial charge in [0.2, 0.25) is 0 Å². The van der Waals surface area contributed by atoms with Gasteiger partial charge in [0, 0.05) is 11.4 Å². The first-order valence-corrected chi connectivity index (χ1v) is 5.37. The van der Waals surface area contributed by atoms with Crippen LogP contribution in [0.25, 0.3) is 0 Å². The first kappa shape index (κ1) is 10.3. The predicted octanol–water partition coefficient (Wildman–Crippen LogP) is 2.21. The van der Waals surface area contributed by atoms with E-state index in [1.54, 1.807) is 0 Å². The van der Waals surface area contributed by atoms with Crippen LogP contribution in [0.5, 0.6) is 0 Å². The Morgan fingerprint density at radius 3 is 2.87 bits per heavy atom. The van der Waals surface area contributed by atoms with E-state index >= 15 is 0 Å². The number of hydrogen-bond acceptors (Lipinski definition) is 3. The molecule has 0 saturated heterocycles. The normalized spacial score (nSPS) is 20.5. The fraction of sp³-hybridized carbons (Fsp3) is 0.364. The van der Waals surface area contributed by atoms with E-state index in [0.717, 1.165) is 23.6 Å². The molecule has 0 saturated carbocycles. The van der Waals surface area contributed by atoms with Crippen molar-refractivity contribution in [2.24, 2.45) is 10.8 Å². The van der Waals surface area contributed by atoms with Crippen LogP contribution in [0.15, 0.2) is 29.4 Å². The van der Waals surface area contributed by atoms with Gasteiger partial charge in [0.15, 0.2) is 0 Å². The molecule has 1 atom stereocenters. The third-order valence-electron chi connectivity index (χ3n) is 2.56. The molecule has 0 bridgehead atoms. The van der Waals surface area contributed by atoms with E-state index in [4.69, 9.17) is 17.3 Å². The highest BCUT2D eigenvalue weighted by molar-refractivity contribution is 6.31. The fourth-order valence-corrected chi connectivity index (χ4v) is 1.90. The van der Waals surface area contributed by atoms with Crippen molar-refractivity contribution < 1.29 is 0 Å². The van der Waals surface area contributed by atoms with Crippen molar-refractivity contribution in [1.82, 2.24) is 5.01 Å². The van der Waals surface area contributed by atoms with E-state index in [9.17, 15) is 0 Å². The van der Waals surface area contributed by atoms with Crippen molar-refractivity contribution in [2.45, 2.75) is 25.9 Å². The minimum atomic E-state index is 0.362. The van der Waals surface area contributed by atoms with Crippen molar-refractivity contribution in [3.63, 3.8) is 0 Å². The molecular weight excluding hydrogens is 210 g/mol. The zero-order chi connectivity index (χ0) is 10.8. The summed E-state index contributed by atoms with van der Waals surface area (Å²) in [4.78, 5) is 0. The lowest BCUT2D eigenvalue weighted by atomic mass is 10.2. The Kier molecular flexibility index (Phi) is 2.82. The molecule has 2 rings (SSSR count). The van der Waals surface area contributed by atoms with E-state index in [0.29, 0.717) is 11.9 Å². The first-order valence-electron chi connectivity index (χ1n) is 5.00. The van der Waals surface area contributed by atoms with Gasteiger partial charge in [-0.05, 0) is 18.6 Å². The average Bonchev–Trinajstić information content (AvgIpc) is 2.49. The van der Waals surface area contributed by atoms with Gasteiger partial charge in [0.05, 0.1) is 12.6 Å². The number of amidine groups is 1. The molecule has 1 aliphatic heterocycles. The highest BCUT2D eigenvalue weighted by atomic mass is 35.5. The lowest BCUT2D eigenvalue weighted by Gasteiger charge is -2.20. The summed E-state index contributed by atoms with van der Waals surface area (Å²) >= 11 is 6.08. The van der Waals surface area contributed by atoms with Gasteiger partial charge in [-0.3, -0.25) is 5.01 Å². The smallest absolute Gasteiger partial charge is 0.121 e. The Morgan fingerprint density at radius 2 is 2.27 bits per heavy atom. The summed E-state index contributed by atoms with van der Waals surface area (Å²) in [6.45, 7) is 2.84. The summed E-state index contributed by atoms with van der Waals surface area (Å²) in [7, 11) is 0. The van der Waals surface area contributed by atoms with Gasteiger partial charge in [0.25, 0.3) is 0 Å². The minimum Gasteiger partial charge on any atom is -0.386 e. The maximum Gasteiger partial charge on any atom is 0.121 e. The molecule has 0 aromatic heterocycles. The Bertz CT molecular complexity index is 389. The maximum absolute atomic E-state index is 6.08. The Labute approximate surface area is 94.5 Å². The lowest BCUT2D eigenvalue weighted by Crippen LogP contribution is -2.23. The average molecular weight is 224 g/mol. The van der Waals surface area contributed by atoms with Crippen molar-refractivity contribution >= 4 is 17.4 Å². The van der Waals surface area contributed by atoms with Crippen LogP contribution < -0.4 is 5.73 Å². The predicted molar refractivity (Wildman–Crippen MR) is 62.7 cm³/mol. The van der Waals surface area contributed by atoms with E-state index in [-0.39, 0.29) is 0 Å². The van der Waals surface area contributed by atoms with E-state index in [1.807, 2.05) is 29.3 Å². The van der Waals surface area contributed by atoms with Crippen LogP contribution in [-0.2, 0) is 6.54 Å². The van der Waals surface area contributed by atoms with Crippen molar-refractivity contribution in [3.05, 3.63) is 34.9 Å². The summed E-state index contributed by atoms with van der Waals surface area (Å²) < 4.78 is 0. The molecule has 0 fully saturated rings. The summed E-state index contributed by atoms with van der Waals surface area (Å²) in [6.07, 6.45) is 0.838. The van der Waals surface area contributed by atoms with E-state index in [2.05, 4.69) is 12.0 Å². The van der Waals surface area contributed by atoms with Crippen LogP contribution in [0.3, 0.4) is 0 Å². The molecule has 0 radical (unpaired) electrons. The third-order valence-corrected chi connectivity index (χ3v) is 2.93. The molecule has 3 nitrogen and oxygen atoms in total. The number of benzene rings is 1. The Morgan fingerprint density at radius 1 is 1.53 bits per heavy atom. The maximum atomic E-state index is 6.08. The van der Waals surface area contributed by atoms with E-state index in [1.165, 1.54) is 0 Å². The molecular formula is C11H14ClN3. The number of nitrogens with zero attached hydrogens (tertiary/aromatic N) is 2. The van der Waals surface area contributed by atoms with Gasteiger partial charge in [-0.15, -0.1) is 0 Å². The molecule has 1 aromatic carbocycles. The number of hydrogen-bond donors (Lipinski definition) is 1. The molecule has 1 unspecified atom stereocenters. The Balaban J connectivity index is 2.13. The fourth-order valence-electron chi connectivity index (χ4n) is 1.70. The first-order chi connectivity index (χ1) is 7.16. The molecule has 2 N–H and O–H groups in total. The highest BCUT2D eigenvalue weighted by Gasteiger charge is 2.21. The number of rotatable bonds is 2. The van der Waals surface area contributed by atoms with Gasteiger partial charge in [-0.1, -0.05) is 29.8 Å². The zero-order valence-corrected chi connectivity index (χ0v) is 9.41. The van der Waals surface area contributed by atoms with Crippen LogP contribution in [-0.4, -0.2) is 16.9 Å². The van der Waals surface area contributed by atoms with Gasteiger partial charge < -0.3 is 5.73 Å². The van der Waals surface area contributed by atoms with Crippen molar-refractivity contribution in [2.75, 3.05) is 0 Å². The molecule has 1 aliphatic rings. The second-order valence-electron chi connectivity index (χ2n) is 3.83. The van der Waals surface area contributed by atoms with Crippen molar-refractivity contribution in [1.29, 1.82) is 0 Å². The van der Waals surface area contributed by atoms with Crippen molar-refractivity contribution in [3.8, 4) is 0 Å². The molecule has 1 heterocycles. The summed E-state index contributed by atoms with van der Waals surface area (Å²) in [6, 6.07) is 8.18. The number of nitrogens with two attached hydrogens (primary N) is 1. The quantitative estimate of drug-likeness (QED) is 0.835. The van der Waals surface area contributed by atoms with Gasteiger partial charge in [-0.25, -0.2) is 0 Å². The molecule has 15 heavy (non-hydrogen) atoms. The van der Waals surface area contributed by atoms with Crippen LogP contribution in [0.1, 0.15) is 18.9 Å². The minimum absolute atomic E-state index is 0.362. The van der Waals surface area contributed by atoms with Crippen LogP contribution in [0.2, 0.25) is 5.02 Å². The Hall–Kier alpha value is -1.22. The van der Waals surface area contributed by atoms with Gasteiger partial charge in [0.1, 0.15) is 5.84 Å². The van der Waals surface area contributed by atoms with Gasteiger partial charge in [-0.2, -0.15) is 5.10 Å². The molecule has 0 aliphatic carbocycles. The SMILES string of the molecule is CC1CC(N)=NN1Cc1ccccc1Cl. The highest BCUT2D eigenvalue weighted by Crippen LogP contribution is 2.21. The summed E-state index contributed by atoms with van der Waals surface area (Å²) in [5.74, 6) is 0.703. The van der Waals surface area contributed by atoms with Crippen LogP contribution in [0, 0.1) is 0 Å². The number of halogens is 1. The summed E-state index contributed by atoms with van der Waals surface area (Å²) in [5, 5.41) is 7.04. The topological polar surface area (TPSA) is 41.6 Å². The second kappa shape index (κ2) is 4.11. The van der Waals surface area contributed by atoms with Crippen LogP contribution >= 0.6 is 11.6 Å². The molecule has 4 heteroatoms. The standard InChI is InChI=1S/C11H14ClN3/c1-8-6-11(13)14-15(8)7-9-4-2-3-5-10(9)12/h2-5,8H,6-7H2,1H3,(H2,13,14).